The zero-order valence-corrected chi connectivity index (χ0v) is 13.8. The zero-order valence-electron chi connectivity index (χ0n) is 12.8. The Morgan fingerprint density at radius 1 is 1.15 bits per heavy atom. The summed E-state index contributed by atoms with van der Waals surface area (Å²) in [6.07, 6.45) is 4.70. The quantitative estimate of drug-likeness (QED) is 0.642. The third-order valence-corrected chi connectivity index (χ3v) is 9.50. The second kappa shape index (κ2) is 4.72. The van der Waals surface area contributed by atoms with E-state index in [1.54, 1.807) is 0 Å². The maximum atomic E-state index is 12.5. The maximum Gasteiger partial charge on any atom is 0.307 e. The monoisotopic (exact) mass is 296 g/mol. The van der Waals surface area contributed by atoms with Crippen LogP contribution in [0.25, 0.3) is 0 Å². The molecule has 5 heteroatoms. The molecule has 2 aliphatic rings. The summed E-state index contributed by atoms with van der Waals surface area (Å²) < 4.78 is 5.82. The van der Waals surface area contributed by atoms with Gasteiger partial charge in [-0.25, -0.2) is 0 Å². The summed E-state index contributed by atoms with van der Waals surface area (Å²) in [6.45, 7) is 10.2. The first-order chi connectivity index (χ1) is 9.04. The van der Waals surface area contributed by atoms with E-state index in [1.165, 1.54) is 0 Å². The van der Waals surface area contributed by atoms with Gasteiger partial charge in [-0.15, -0.1) is 0 Å². The summed E-state index contributed by atoms with van der Waals surface area (Å²) in [4.78, 5) is 24.0. The summed E-state index contributed by atoms with van der Waals surface area (Å²) in [5, 5.41) is 9.32. The Hall–Kier alpha value is -1.10. The number of rotatable bonds is 3. The highest BCUT2D eigenvalue weighted by atomic mass is 28.4. The summed E-state index contributed by atoms with van der Waals surface area (Å²) in [5.74, 6) is -2.26. The Bertz CT molecular complexity index is 461. The first-order valence-electron chi connectivity index (χ1n) is 7.18. The average molecular weight is 296 g/mol. The topological polar surface area (TPSA) is 63.6 Å². The molecule has 0 aromatic heterocycles. The molecule has 0 heterocycles. The van der Waals surface area contributed by atoms with Gasteiger partial charge in [0, 0.05) is 0 Å². The van der Waals surface area contributed by atoms with Crippen molar-refractivity contribution in [3.63, 3.8) is 0 Å². The van der Waals surface area contributed by atoms with E-state index in [2.05, 4.69) is 20.8 Å². The fourth-order valence-electron chi connectivity index (χ4n) is 2.95. The molecule has 2 rings (SSSR count). The van der Waals surface area contributed by atoms with Crippen LogP contribution < -0.4 is 0 Å². The molecule has 0 amide bonds. The van der Waals surface area contributed by atoms with Gasteiger partial charge in [-0.3, -0.25) is 9.59 Å². The fourth-order valence-corrected chi connectivity index (χ4v) is 3.90. The molecule has 1 N–H and O–H groups in total. The highest BCUT2D eigenvalue weighted by Crippen LogP contribution is 2.49. The molecule has 112 valence electrons. The van der Waals surface area contributed by atoms with Gasteiger partial charge in [0.25, 0.3) is 14.3 Å². The minimum Gasteiger partial charge on any atom is -0.519 e. The molecule has 2 aliphatic carbocycles. The smallest absolute Gasteiger partial charge is 0.307 e. The number of carbonyl (C=O) groups excluding carboxylic acids is 1. The molecule has 1 saturated carbocycles. The van der Waals surface area contributed by atoms with Crippen molar-refractivity contribution in [1.82, 2.24) is 0 Å². The van der Waals surface area contributed by atoms with Crippen LogP contribution in [0.3, 0.4) is 0 Å². The molecule has 0 aromatic carbocycles. The molecule has 4 atom stereocenters. The van der Waals surface area contributed by atoms with Crippen LogP contribution in [0, 0.1) is 23.7 Å². The lowest BCUT2D eigenvalue weighted by molar-refractivity contribution is -0.153. The number of hydrogen-bond acceptors (Lipinski definition) is 3. The van der Waals surface area contributed by atoms with Gasteiger partial charge in [-0.2, -0.15) is 0 Å². The molecular weight excluding hydrogens is 272 g/mol. The van der Waals surface area contributed by atoms with Crippen LogP contribution in [0.4, 0.5) is 0 Å². The Kier molecular flexibility index (Phi) is 3.61. The number of carboxylic acids is 1. The SMILES string of the molecule is CC(C)(C)[Si](C)(C)OC(=O)C1C2C=CC(C2)C1C(=O)O. The molecule has 0 radical (unpaired) electrons. The van der Waals surface area contributed by atoms with Gasteiger partial charge < -0.3 is 9.53 Å². The van der Waals surface area contributed by atoms with Crippen LogP contribution in [0.5, 0.6) is 0 Å². The van der Waals surface area contributed by atoms with Gasteiger partial charge >= 0.3 is 5.97 Å². The van der Waals surface area contributed by atoms with Crippen LogP contribution in [-0.2, 0) is 14.0 Å². The largest absolute Gasteiger partial charge is 0.519 e. The Balaban J connectivity index is 2.17. The van der Waals surface area contributed by atoms with Crippen molar-refractivity contribution in [2.24, 2.45) is 23.7 Å². The number of fused-ring (bicyclic) bond motifs is 2. The Labute approximate surface area is 121 Å². The molecular formula is C15H24O4Si. The first-order valence-corrected chi connectivity index (χ1v) is 10.1. The Morgan fingerprint density at radius 3 is 2.10 bits per heavy atom. The normalized spacial score (nSPS) is 32.5. The lowest BCUT2D eigenvalue weighted by atomic mass is 9.83. The predicted octanol–water partition coefficient (Wildman–Crippen LogP) is 3.06. The first kappa shape index (κ1) is 15.3. The highest BCUT2D eigenvalue weighted by molar-refractivity contribution is 6.75. The van der Waals surface area contributed by atoms with Gasteiger partial charge in [-0.1, -0.05) is 32.9 Å². The van der Waals surface area contributed by atoms with E-state index in [4.69, 9.17) is 4.43 Å². The van der Waals surface area contributed by atoms with Crippen molar-refractivity contribution in [2.45, 2.75) is 45.3 Å². The van der Waals surface area contributed by atoms with E-state index < -0.39 is 26.1 Å². The van der Waals surface area contributed by atoms with Gasteiger partial charge in [0.15, 0.2) is 0 Å². The summed E-state index contributed by atoms with van der Waals surface area (Å²) in [6, 6.07) is 0. The van der Waals surface area contributed by atoms with Gasteiger partial charge in [0.2, 0.25) is 0 Å². The average Bonchev–Trinajstić information content (AvgIpc) is 2.85. The molecule has 20 heavy (non-hydrogen) atoms. The molecule has 0 saturated heterocycles. The van der Waals surface area contributed by atoms with E-state index in [0.717, 1.165) is 6.42 Å². The van der Waals surface area contributed by atoms with Crippen LogP contribution in [0.15, 0.2) is 12.2 Å². The van der Waals surface area contributed by atoms with E-state index in [9.17, 15) is 14.7 Å². The number of carboxylic acid groups (broad SMARTS) is 1. The molecule has 2 bridgehead atoms. The van der Waals surface area contributed by atoms with Crippen LogP contribution in [0.1, 0.15) is 27.2 Å². The predicted molar refractivity (Wildman–Crippen MR) is 78.6 cm³/mol. The van der Waals surface area contributed by atoms with E-state index >= 15 is 0 Å². The van der Waals surface area contributed by atoms with E-state index in [1.807, 2.05) is 25.2 Å². The number of carbonyl (C=O) groups is 2. The van der Waals surface area contributed by atoms with Crippen LogP contribution in [-0.4, -0.2) is 25.4 Å². The van der Waals surface area contributed by atoms with Crippen molar-refractivity contribution < 1.29 is 19.1 Å². The second-order valence-corrected chi connectivity index (χ2v) is 12.2. The van der Waals surface area contributed by atoms with Crippen molar-refractivity contribution in [2.75, 3.05) is 0 Å². The molecule has 4 nitrogen and oxygen atoms in total. The Morgan fingerprint density at radius 2 is 1.65 bits per heavy atom. The van der Waals surface area contributed by atoms with Crippen LogP contribution >= 0.6 is 0 Å². The fraction of sp³-hybridized carbons (Fsp3) is 0.733. The number of allylic oxidation sites excluding steroid dienone is 2. The van der Waals surface area contributed by atoms with Crippen molar-refractivity contribution in [3.05, 3.63) is 12.2 Å². The van der Waals surface area contributed by atoms with Gasteiger partial charge in [-0.05, 0) is 36.4 Å². The highest BCUT2D eigenvalue weighted by Gasteiger charge is 2.54. The van der Waals surface area contributed by atoms with Gasteiger partial charge in [0.1, 0.15) is 0 Å². The molecule has 0 aromatic rings. The van der Waals surface area contributed by atoms with Crippen molar-refractivity contribution >= 4 is 20.3 Å². The van der Waals surface area contributed by atoms with Crippen molar-refractivity contribution in [3.8, 4) is 0 Å². The van der Waals surface area contributed by atoms with Crippen LogP contribution in [0.2, 0.25) is 18.1 Å². The summed E-state index contributed by atoms with van der Waals surface area (Å²) in [7, 11) is -2.19. The lowest BCUT2D eigenvalue weighted by Crippen LogP contribution is -2.46. The minimum absolute atomic E-state index is 0.00512. The summed E-state index contributed by atoms with van der Waals surface area (Å²) in [5.41, 5.74) is 0. The summed E-state index contributed by atoms with van der Waals surface area (Å²) >= 11 is 0. The van der Waals surface area contributed by atoms with E-state index in [0.29, 0.717) is 0 Å². The molecule has 4 unspecified atom stereocenters. The molecule has 0 spiro atoms. The third-order valence-electron chi connectivity index (χ3n) is 5.18. The third kappa shape index (κ3) is 2.43. The lowest BCUT2D eigenvalue weighted by Gasteiger charge is -2.37. The standard InChI is InChI=1S/C15H24O4Si/c1-15(2,3)20(4,5)19-14(18)12-10-7-6-9(8-10)11(12)13(16)17/h6-7,9-12H,8H2,1-5H3,(H,16,17). The van der Waals surface area contributed by atoms with E-state index in [-0.39, 0.29) is 22.8 Å². The van der Waals surface area contributed by atoms with Gasteiger partial charge in [0.05, 0.1) is 11.8 Å². The maximum absolute atomic E-state index is 12.5. The second-order valence-electron chi connectivity index (χ2n) is 7.52. The molecule has 1 fully saturated rings. The van der Waals surface area contributed by atoms with Crippen molar-refractivity contribution in [1.29, 1.82) is 0 Å². The number of hydrogen-bond donors (Lipinski definition) is 1. The molecule has 0 aliphatic heterocycles. The number of aliphatic carboxylic acids is 1. The minimum atomic E-state index is -2.19. The zero-order chi connectivity index (χ0) is 15.3.